The summed E-state index contributed by atoms with van der Waals surface area (Å²) in [4.78, 5) is 0. The van der Waals surface area contributed by atoms with Crippen molar-refractivity contribution in [2.75, 3.05) is 0 Å². The number of hydrogen-bond donors (Lipinski definition) is 0. The summed E-state index contributed by atoms with van der Waals surface area (Å²) in [7, 11) is 0. The van der Waals surface area contributed by atoms with Crippen LogP contribution in [0.25, 0.3) is 0 Å². The quantitative estimate of drug-likeness (QED) is 0.549. The summed E-state index contributed by atoms with van der Waals surface area (Å²) < 4.78 is 13.2. The lowest BCUT2D eigenvalue weighted by atomic mass is 9.88. The lowest BCUT2D eigenvalue weighted by Gasteiger charge is -2.18. The third-order valence-electron chi connectivity index (χ3n) is 2.35. The Balaban J connectivity index is 2.49. The van der Waals surface area contributed by atoms with Crippen molar-refractivity contribution >= 4 is 0 Å². The van der Waals surface area contributed by atoms with Crippen molar-refractivity contribution in [2.24, 2.45) is 5.92 Å². The molecule has 0 saturated heterocycles. The van der Waals surface area contributed by atoms with Crippen LogP contribution in [0.3, 0.4) is 0 Å². The summed E-state index contributed by atoms with van der Waals surface area (Å²) in [6.45, 7) is 3.60. The summed E-state index contributed by atoms with van der Waals surface area (Å²) in [5.41, 5.74) is 2.66. The second kappa shape index (κ2) is 5.16. The highest BCUT2D eigenvalue weighted by Crippen LogP contribution is 2.29. The maximum Gasteiger partial charge on any atom is 0.145 e. The van der Waals surface area contributed by atoms with Crippen LogP contribution in [0.2, 0.25) is 0 Å². The Kier molecular flexibility index (Phi) is 4.10. The van der Waals surface area contributed by atoms with Gasteiger partial charge in [-0.25, -0.2) is 4.39 Å². The van der Waals surface area contributed by atoms with E-state index >= 15 is 0 Å². The predicted octanol–water partition coefficient (Wildman–Crippen LogP) is 3.80. The van der Waals surface area contributed by atoms with Gasteiger partial charge in [-0.3, -0.25) is 0 Å². The number of rotatable bonds is 2. The zero-order chi connectivity index (χ0) is 8.81. The minimum absolute atomic E-state index is 0.0571. The van der Waals surface area contributed by atoms with Gasteiger partial charge in [0.2, 0.25) is 0 Å². The third kappa shape index (κ3) is 2.83. The number of allylic oxidation sites excluding steroid dienone is 1. The summed E-state index contributed by atoms with van der Waals surface area (Å²) in [5, 5.41) is 0. The van der Waals surface area contributed by atoms with E-state index in [1.807, 2.05) is 0 Å². The van der Waals surface area contributed by atoms with E-state index in [1.165, 1.54) is 19.3 Å². The molecule has 1 fully saturated rings. The Morgan fingerprint density at radius 3 is 2.67 bits per heavy atom. The van der Waals surface area contributed by atoms with E-state index in [0.717, 1.165) is 12.8 Å². The highest BCUT2D eigenvalue weighted by atomic mass is 19.1. The Morgan fingerprint density at radius 2 is 2.08 bits per heavy atom. The number of hydrogen-bond acceptors (Lipinski definition) is 0. The normalized spacial score (nSPS) is 18.5. The predicted molar refractivity (Wildman–Crippen MR) is 49.3 cm³/mol. The van der Waals surface area contributed by atoms with Crippen LogP contribution in [0, 0.1) is 12.8 Å². The van der Waals surface area contributed by atoms with Crippen molar-refractivity contribution in [3.05, 3.63) is 24.6 Å². The van der Waals surface area contributed by atoms with E-state index in [4.69, 9.17) is 0 Å². The molecule has 1 radical (unpaired) electrons. The van der Waals surface area contributed by atoms with Crippen LogP contribution >= 0.6 is 0 Å². The molecule has 1 rings (SSSR count). The molecule has 0 unspecified atom stereocenters. The van der Waals surface area contributed by atoms with Crippen molar-refractivity contribution in [2.45, 2.75) is 38.5 Å². The average Bonchev–Trinajstić information content (AvgIpc) is 2.15. The molecule has 0 aromatic rings. The molecule has 0 aromatic carbocycles. The summed E-state index contributed by atoms with van der Waals surface area (Å²) in [6, 6.07) is 0. The lowest BCUT2D eigenvalue weighted by Crippen LogP contribution is -2.05. The van der Waals surface area contributed by atoms with Crippen LogP contribution in [0.15, 0.2) is 17.6 Å². The molecule has 0 aliphatic heterocycles. The van der Waals surface area contributed by atoms with Crippen LogP contribution in [0.1, 0.15) is 38.5 Å². The van der Waals surface area contributed by atoms with E-state index in [-0.39, 0.29) is 11.7 Å². The summed E-state index contributed by atoms with van der Waals surface area (Å²) in [6.07, 6.45) is 7.91. The molecule has 0 aromatic heterocycles. The van der Waals surface area contributed by atoms with Crippen molar-refractivity contribution in [3.8, 4) is 0 Å². The summed E-state index contributed by atoms with van der Waals surface area (Å²) >= 11 is 0. The molecule has 0 nitrogen and oxygen atoms in total. The molecular formula is C11H16F. The van der Waals surface area contributed by atoms with Gasteiger partial charge in [-0.2, -0.15) is 0 Å². The Morgan fingerprint density at radius 1 is 1.42 bits per heavy atom. The van der Waals surface area contributed by atoms with Crippen LogP contribution in [0.4, 0.5) is 4.39 Å². The first-order chi connectivity index (χ1) is 5.84. The van der Waals surface area contributed by atoms with Gasteiger partial charge in [0.25, 0.3) is 0 Å². The third-order valence-corrected chi connectivity index (χ3v) is 2.35. The van der Waals surface area contributed by atoms with E-state index in [2.05, 4.69) is 12.7 Å². The molecule has 1 aliphatic rings. The molecule has 0 heterocycles. The minimum atomic E-state index is -0.0571. The fraction of sp³-hybridized carbons (Fsp3) is 0.636. The fourth-order valence-electron chi connectivity index (χ4n) is 1.64. The molecule has 0 atom stereocenters. The monoisotopic (exact) mass is 167 g/mol. The standard InChI is InChI=1S/C11H16F/c1-2-3-9-11(12)10-7-5-4-6-8-10/h3,10H,1-2,4-8H2. The highest BCUT2D eigenvalue weighted by Gasteiger charge is 2.16. The van der Waals surface area contributed by atoms with Gasteiger partial charge in [-0.15, -0.1) is 0 Å². The van der Waals surface area contributed by atoms with E-state index in [9.17, 15) is 4.39 Å². The molecule has 1 saturated carbocycles. The van der Waals surface area contributed by atoms with Gasteiger partial charge in [0.1, 0.15) is 5.83 Å². The summed E-state index contributed by atoms with van der Waals surface area (Å²) in [5.74, 6) is 0.0971. The van der Waals surface area contributed by atoms with Gasteiger partial charge < -0.3 is 0 Å². The second-order valence-electron chi connectivity index (χ2n) is 3.32. The van der Waals surface area contributed by atoms with Crippen molar-refractivity contribution in [1.29, 1.82) is 0 Å². The molecule has 0 spiro atoms. The largest absolute Gasteiger partial charge is 0.202 e. The minimum Gasteiger partial charge on any atom is -0.202 e. The zero-order valence-electron chi connectivity index (χ0n) is 7.48. The van der Waals surface area contributed by atoms with Crippen LogP contribution < -0.4 is 0 Å². The van der Waals surface area contributed by atoms with Crippen molar-refractivity contribution < 1.29 is 4.39 Å². The smallest absolute Gasteiger partial charge is 0.145 e. The van der Waals surface area contributed by atoms with E-state index in [0.29, 0.717) is 6.42 Å². The van der Waals surface area contributed by atoms with Gasteiger partial charge in [-0.05, 0) is 32.3 Å². The van der Waals surface area contributed by atoms with Gasteiger partial charge in [0, 0.05) is 5.92 Å². The van der Waals surface area contributed by atoms with Crippen LogP contribution in [0.5, 0.6) is 0 Å². The zero-order valence-corrected chi connectivity index (χ0v) is 7.48. The SMILES string of the molecule is [CH2]CC=C=C(F)C1CCCCC1. The Hall–Kier alpha value is -0.550. The van der Waals surface area contributed by atoms with Crippen molar-refractivity contribution in [3.63, 3.8) is 0 Å². The Bertz CT molecular complexity index is 181. The Labute approximate surface area is 74.2 Å². The first-order valence-corrected chi connectivity index (χ1v) is 4.74. The molecule has 67 valence electrons. The first kappa shape index (κ1) is 9.54. The maximum absolute atomic E-state index is 13.2. The molecule has 1 aliphatic carbocycles. The molecule has 0 bridgehead atoms. The van der Waals surface area contributed by atoms with Gasteiger partial charge in [-0.1, -0.05) is 25.0 Å². The average molecular weight is 167 g/mol. The van der Waals surface area contributed by atoms with Crippen molar-refractivity contribution in [1.82, 2.24) is 0 Å². The fourth-order valence-corrected chi connectivity index (χ4v) is 1.64. The number of halogens is 1. The topological polar surface area (TPSA) is 0 Å². The van der Waals surface area contributed by atoms with Crippen LogP contribution in [-0.2, 0) is 0 Å². The molecule has 1 heteroatoms. The lowest BCUT2D eigenvalue weighted by molar-refractivity contribution is 0.348. The van der Waals surface area contributed by atoms with Crippen LogP contribution in [-0.4, -0.2) is 0 Å². The molecule has 0 amide bonds. The van der Waals surface area contributed by atoms with E-state index < -0.39 is 0 Å². The molecular weight excluding hydrogens is 151 g/mol. The highest BCUT2D eigenvalue weighted by molar-refractivity contribution is 4.99. The van der Waals surface area contributed by atoms with Gasteiger partial charge in [0.05, 0.1) is 0 Å². The second-order valence-corrected chi connectivity index (χ2v) is 3.32. The molecule has 12 heavy (non-hydrogen) atoms. The first-order valence-electron chi connectivity index (χ1n) is 4.74. The van der Waals surface area contributed by atoms with Gasteiger partial charge in [0.15, 0.2) is 0 Å². The maximum atomic E-state index is 13.2. The van der Waals surface area contributed by atoms with E-state index in [1.54, 1.807) is 6.08 Å². The molecule has 0 N–H and O–H groups in total. The van der Waals surface area contributed by atoms with Gasteiger partial charge >= 0.3 is 0 Å².